The number of rotatable bonds is 7. The van der Waals surface area contributed by atoms with Crippen LogP contribution in [0.25, 0.3) is 10.2 Å². The highest BCUT2D eigenvalue weighted by Gasteiger charge is 2.24. The Balaban J connectivity index is 0.00000280. The summed E-state index contributed by atoms with van der Waals surface area (Å²) in [5.74, 6) is -1.49. The van der Waals surface area contributed by atoms with Crippen LogP contribution in [0.5, 0.6) is 0 Å². The molecule has 1 aromatic heterocycles. The van der Waals surface area contributed by atoms with Gasteiger partial charge in [-0.1, -0.05) is 43.4 Å². The third-order valence-corrected chi connectivity index (χ3v) is 5.52. The molecule has 0 N–H and O–H groups in total. The zero-order valence-corrected chi connectivity index (χ0v) is 17.3. The summed E-state index contributed by atoms with van der Waals surface area (Å²) in [5.41, 5.74) is 0.212. The molecule has 150 valence electrons. The van der Waals surface area contributed by atoms with Crippen LogP contribution in [0.15, 0.2) is 42.5 Å². The van der Waals surface area contributed by atoms with Crippen LogP contribution in [0.1, 0.15) is 24.2 Å². The van der Waals surface area contributed by atoms with Gasteiger partial charge in [-0.25, -0.2) is 13.8 Å². The van der Waals surface area contributed by atoms with Crippen LogP contribution in [0.2, 0.25) is 0 Å². The molecule has 1 amide bonds. The molecule has 0 bridgehead atoms. The number of likely N-dealkylation sites (N-methyl/N-ethyl adjacent to an activating group) is 1. The molecular formula is C20H22ClF2N3OS. The first-order valence-corrected chi connectivity index (χ1v) is 9.70. The Morgan fingerprint density at radius 2 is 1.68 bits per heavy atom. The van der Waals surface area contributed by atoms with Crippen molar-refractivity contribution < 1.29 is 13.6 Å². The van der Waals surface area contributed by atoms with Gasteiger partial charge < -0.3 is 4.90 Å². The van der Waals surface area contributed by atoms with Crippen molar-refractivity contribution in [2.75, 3.05) is 31.1 Å². The lowest BCUT2D eigenvalue weighted by Crippen LogP contribution is -2.39. The summed E-state index contributed by atoms with van der Waals surface area (Å²) in [4.78, 5) is 21.0. The smallest absolute Gasteiger partial charge is 0.263 e. The van der Waals surface area contributed by atoms with E-state index in [1.807, 2.05) is 13.8 Å². The molecule has 4 nitrogen and oxygen atoms in total. The zero-order chi connectivity index (χ0) is 19.4. The van der Waals surface area contributed by atoms with E-state index in [2.05, 4.69) is 9.88 Å². The summed E-state index contributed by atoms with van der Waals surface area (Å²) < 4.78 is 28.9. The summed E-state index contributed by atoms with van der Waals surface area (Å²) in [6, 6.07) is 10.6. The maximum absolute atomic E-state index is 14.2. The normalized spacial score (nSPS) is 10.9. The van der Waals surface area contributed by atoms with E-state index in [1.54, 1.807) is 24.3 Å². The van der Waals surface area contributed by atoms with Crippen molar-refractivity contribution in [3.63, 3.8) is 0 Å². The van der Waals surface area contributed by atoms with E-state index in [0.29, 0.717) is 22.9 Å². The van der Waals surface area contributed by atoms with E-state index < -0.39 is 17.5 Å². The van der Waals surface area contributed by atoms with E-state index >= 15 is 0 Å². The number of carbonyl (C=O) groups is 1. The molecule has 3 rings (SSSR count). The number of anilines is 1. The fourth-order valence-corrected chi connectivity index (χ4v) is 3.87. The predicted octanol–water partition coefficient (Wildman–Crippen LogP) is 4.98. The highest BCUT2D eigenvalue weighted by Crippen LogP contribution is 2.31. The van der Waals surface area contributed by atoms with Crippen molar-refractivity contribution in [1.82, 2.24) is 9.88 Å². The van der Waals surface area contributed by atoms with Crippen molar-refractivity contribution in [2.24, 2.45) is 0 Å². The number of para-hydroxylation sites is 1. The Hall–Kier alpha value is -2.09. The molecule has 0 fully saturated rings. The number of benzene rings is 2. The summed E-state index contributed by atoms with van der Waals surface area (Å²) in [7, 11) is 0. The number of fused-ring (bicyclic) bond motifs is 1. The lowest BCUT2D eigenvalue weighted by atomic mass is 10.2. The summed E-state index contributed by atoms with van der Waals surface area (Å²) in [5, 5.41) is 0.371. The van der Waals surface area contributed by atoms with Crippen LogP contribution in [0, 0.1) is 11.6 Å². The van der Waals surface area contributed by atoms with Gasteiger partial charge in [0.1, 0.15) is 17.2 Å². The average Bonchev–Trinajstić information content (AvgIpc) is 3.10. The van der Waals surface area contributed by atoms with Crippen molar-refractivity contribution in [3.05, 3.63) is 59.7 Å². The van der Waals surface area contributed by atoms with E-state index in [9.17, 15) is 13.6 Å². The van der Waals surface area contributed by atoms with Crippen LogP contribution < -0.4 is 4.90 Å². The number of amides is 1. The fourth-order valence-electron chi connectivity index (χ4n) is 2.86. The summed E-state index contributed by atoms with van der Waals surface area (Å²) >= 11 is 1.23. The van der Waals surface area contributed by atoms with E-state index in [0.717, 1.165) is 13.1 Å². The highest BCUT2D eigenvalue weighted by atomic mass is 35.5. The number of hydrogen-bond donors (Lipinski definition) is 0. The van der Waals surface area contributed by atoms with E-state index in [-0.39, 0.29) is 23.5 Å². The highest BCUT2D eigenvalue weighted by molar-refractivity contribution is 7.22. The van der Waals surface area contributed by atoms with Crippen LogP contribution >= 0.6 is 23.7 Å². The molecule has 3 aromatic rings. The molecule has 0 saturated heterocycles. The molecular weight excluding hydrogens is 404 g/mol. The molecule has 0 radical (unpaired) electrons. The second-order valence-corrected chi connectivity index (χ2v) is 7.06. The van der Waals surface area contributed by atoms with Crippen molar-refractivity contribution in [3.8, 4) is 0 Å². The Labute approximate surface area is 173 Å². The quantitative estimate of drug-likeness (QED) is 0.535. The number of aromatic nitrogens is 1. The lowest BCUT2D eigenvalue weighted by Gasteiger charge is -2.24. The molecule has 0 spiro atoms. The Morgan fingerprint density at radius 1 is 1.00 bits per heavy atom. The van der Waals surface area contributed by atoms with Gasteiger partial charge in [-0.3, -0.25) is 9.69 Å². The Kier molecular flexibility index (Phi) is 7.86. The predicted molar refractivity (Wildman–Crippen MR) is 113 cm³/mol. The van der Waals surface area contributed by atoms with Crippen molar-refractivity contribution in [1.29, 1.82) is 0 Å². The number of halogens is 3. The third-order valence-electron chi connectivity index (χ3n) is 4.47. The molecule has 1 heterocycles. The monoisotopic (exact) mass is 425 g/mol. The maximum atomic E-state index is 14.2. The van der Waals surface area contributed by atoms with Gasteiger partial charge in [0.15, 0.2) is 5.13 Å². The number of thiazole rings is 1. The van der Waals surface area contributed by atoms with Crippen LogP contribution in [0.3, 0.4) is 0 Å². The first-order chi connectivity index (χ1) is 13.0. The van der Waals surface area contributed by atoms with Gasteiger partial charge >= 0.3 is 0 Å². The number of hydrogen-bond acceptors (Lipinski definition) is 4. The minimum absolute atomic E-state index is 0. The second-order valence-electron chi connectivity index (χ2n) is 6.05. The van der Waals surface area contributed by atoms with E-state index in [4.69, 9.17) is 0 Å². The number of nitrogens with zero attached hydrogens (tertiary/aromatic N) is 3. The van der Waals surface area contributed by atoms with Gasteiger partial charge in [-0.15, -0.1) is 12.4 Å². The molecule has 2 aromatic carbocycles. The SMILES string of the molecule is CCN(CC)CCN(C(=O)c1ccccc1F)c1nc2c(F)cccc2s1.Cl. The van der Waals surface area contributed by atoms with Gasteiger partial charge in [-0.2, -0.15) is 0 Å². The fraction of sp³-hybridized carbons (Fsp3) is 0.300. The van der Waals surface area contributed by atoms with Crippen LogP contribution in [0.4, 0.5) is 13.9 Å². The van der Waals surface area contributed by atoms with Gasteiger partial charge in [0.05, 0.1) is 10.3 Å². The first-order valence-electron chi connectivity index (χ1n) is 8.89. The van der Waals surface area contributed by atoms with Crippen LogP contribution in [-0.4, -0.2) is 42.0 Å². The summed E-state index contributed by atoms with van der Waals surface area (Å²) in [6.07, 6.45) is 0. The molecule has 8 heteroatoms. The Bertz CT molecular complexity index is 946. The van der Waals surface area contributed by atoms with Gasteiger partial charge in [0, 0.05) is 13.1 Å². The van der Waals surface area contributed by atoms with Gasteiger partial charge in [-0.05, 0) is 37.4 Å². The zero-order valence-electron chi connectivity index (χ0n) is 15.7. The molecule has 0 atom stereocenters. The van der Waals surface area contributed by atoms with Gasteiger partial charge in [0.25, 0.3) is 5.91 Å². The average molecular weight is 426 g/mol. The third kappa shape index (κ3) is 4.66. The largest absolute Gasteiger partial charge is 0.302 e. The lowest BCUT2D eigenvalue weighted by molar-refractivity contribution is 0.0980. The van der Waals surface area contributed by atoms with Gasteiger partial charge in [0.2, 0.25) is 0 Å². The van der Waals surface area contributed by atoms with Crippen molar-refractivity contribution >= 4 is 45.0 Å². The molecule has 0 aliphatic carbocycles. The molecule has 0 saturated carbocycles. The first kappa shape index (κ1) is 22.2. The minimum Gasteiger partial charge on any atom is -0.302 e. The topological polar surface area (TPSA) is 36.4 Å². The standard InChI is InChI=1S/C20H21F2N3OS.ClH/c1-3-24(4-2)12-13-25(19(26)14-8-5-6-9-15(14)21)20-23-18-16(22)10-7-11-17(18)27-20;/h5-11H,3-4,12-13H2,1-2H3;1H. The summed E-state index contributed by atoms with van der Waals surface area (Å²) in [6.45, 7) is 6.72. The Morgan fingerprint density at radius 3 is 2.32 bits per heavy atom. The minimum atomic E-state index is -0.581. The van der Waals surface area contributed by atoms with Crippen LogP contribution in [-0.2, 0) is 0 Å². The second kappa shape index (κ2) is 9.91. The van der Waals surface area contributed by atoms with E-state index in [1.165, 1.54) is 34.4 Å². The molecule has 0 unspecified atom stereocenters. The van der Waals surface area contributed by atoms with Crippen molar-refractivity contribution in [2.45, 2.75) is 13.8 Å². The molecule has 0 aliphatic heterocycles. The molecule has 28 heavy (non-hydrogen) atoms. The number of carbonyl (C=O) groups excluding carboxylic acids is 1. The maximum Gasteiger partial charge on any atom is 0.263 e. The molecule has 0 aliphatic rings.